The fraction of sp³-hybridized carbons (Fsp3) is 0.455. The standard InChI is InChI=1S/C11H12BrN5O3/c12-10-14-7-8(16(10)4-5-18)15-11-13-6(19)2-1-3-17(11)9(7)20/h18H,1-5H2,(H,13,15,19). The van der Waals surface area contributed by atoms with Gasteiger partial charge in [-0.2, -0.15) is 4.98 Å². The summed E-state index contributed by atoms with van der Waals surface area (Å²) in [6, 6.07) is 0. The summed E-state index contributed by atoms with van der Waals surface area (Å²) in [5, 5.41) is 11.7. The van der Waals surface area contributed by atoms with Gasteiger partial charge in [0.2, 0.25) is 11.9 Å². The molecule has 0 saturated carbocycles. The van der Waals surface area contributed by atoms with E-state index < -0.39 is 0 Å². The molecule has 0 radical (unpaired) electrons. The van der Waals surface area contributed by atoms with E-state index >= 15 is 0 Å². The Kier molecular flexibility index (Phi) is 3.30. The lowest BCUT2D eigenvalue weighted by Crippen LogP contribution is -2.25. The molecule has 0 saturated heterocycles. The average Bonchev–Trinajstić information content (AvgIpc) is 2.59. The number of imidazole rings is 1. The third-order valence-electron chi connectivity index (χ3n) is 3.17. The van der Waals surface area contributed by atoms with Gasteiger partial charge in [0.25, 0.3) is 5.56 Å². The Hall–Kier alpha value is -1.74. The van der Waals surface area contributed by atoms with Gasteiger partial charge in [-0.3, -0.25) is 19.5 Å². The lowest BCUT2D eigenvalue weighted by molar-refractivity contribution is -0.116. The number of aliphatic hydroxyl groups excluding tert-OH is 1. The topological polar surface area (TPSA) is 102 Å². The predicted molar refractivity (Wildman–Crippen MR) is 74.4 cm³/mol. The van der Waals surface area contributed by atoms with Gasteiger partial charge in [0.05, 0.1) is 6.61 Å². The summed E-state index contributed by atoms with van der Waals surface area (Å²) in [5.41, 5.74) is 0.291. The maximum atomic E-state index is 12.4. The highest BCUT2D eigenvalue weighted by Gasteiger charge is 2.21. The fourth-order valence-corrected chi connectivity index (χ4v) is 2.77. The summed E-state index contributed by atoms with van der Waals surface area (Å²) in [7, 11) is 0. The number of aromatic nitrogens is 4. The molecule has 1 amide bonds. The van der Waals surface area contributed by atoms with Crippen molar-refractivity contribution >= 4 is 38.9 Å². The summed E-state index contributed by atoms with van der Waals surface area (Å²) >= 11 is 3.25. The van der Waals surface area contributed by atoms with Gasteiger partial charge in [-0.1, -0.05) is 0 Å². The van der Waals surface area contributed by atoms with Gasteiger partial charge < -0.3 is 9.67 Å². The zero-order valence-electron chi connectivity index (χ0n) is 10.5. The molecule has 2 aromatic heterocycles. The van der Waals surface area contributed by atoms with E-state index in [9.17, 15) is 9.59 Å². The van der Waals surface area contributed by atoms with E-state index in [0.717, 1.165) is 0 Å². The Morgan fingerprint density at radius 1 is 1.35 bits per heavy atom. The van der Waals surface area contributed by atoms with Gasteiger partial charge in [-0.05, 0) is 22.4 Å². The molecule has 1 aliphatic rings. The average molecular weight is 342 g/mol. The number of hydrogen-bond acceptors (Lipinski definition) is 5. The molecule has 20 heavy (non-hydrogen) atoms. The van der Waals surface area contributed by atoms with Crippen molar-refractivity contribution in [1.82, 2.24) is 19.1 Å². The summed E-state index contributed by atoms with van der Waals surface area (Å²) in [6.45, 7) is 0.595. The van der Waals surface area contributed by atoms with Crippen molar-refractivity contribution in [3.63, 3.8) is 0 Å². The smallest absolute Gasteiger partial charge is 0.283 e. The van der Waals surface area contributed by atoms with Crippen LogP contribution in [-0.2, 0) is 17.9 Å². The third kappa shape index (κ3) is 2.02. The number of carbonyl (C=O) groups excluding carboxylic acids is 1. The summed E-state index contributed by atoms with van der Waals surface area (Å²) in [4.78, 5) is 32.5. The van der Waals surface area contributed by atoms with Gasteiger partial charge in [-0.15, -0.1) is 0 Å². The first-order valence-corrected chi connectivity index (χ1v) is 6.98. The van der Waals surface area contributed by atoms with Crippen LogP contribution in [0.1, 0.15) is 12.8 Å². The number of carbonyl (C=O) groups is 1. The van der Waals surface area contributed by atoms with E-state index in [4.69, 9.17) is 5.11 Å². The summed E-state index contributed by atoms with van der Waals surface area (Å²) < 4.78 is 3.45. The minimum absolute atomic E-state index is 0.101. The lowest BCUT2D eigenvalue weighted by atomic mass is 10.3. The van der Waals surface area contributed by atoms with Crippen LogP contribution in [0.3, 0.4) is 0 Å². The molecular weight excluding hydrogens is 330 g/mol. The second-order valence-corrected chi connectivity index (χ2v) is 5.18. The number of nitrogens with zero attached hydrogens (tertiary/aromatic N) is 4. The van der Waals surface area contributed by atoms with E-state index in [1.165, 1.54) is 4.57 Å². The molecule has 0 bridgehead atoms. The zero-order valence-corrected chi connectivity index (χ0v) is 12.1. The molecule has 3 rings (SSSR count). The normalized spacial score (nSPS) is 15.0. The number of rotatable bonds is 2. The second-order valence-electron chi connectivity index (χ2n) is 4.47. The number of hydrogen-bond donors (Lipinski definition) is 2. The molecule has 3 heterocycles. The van der Waals surface area contributed by atoms with Gasteiger partial charge in [0.15, 0.2) is 15.9 Å². The van der Waals surface area contributed by atoms with Crippen molar-refractivity contribution in [3.8, 4) is 0 Å². The van der Waals surface area contributed by atoms with Crippen molar-refractivity contribution in [2.24, 2.45) is 0 Å². The van der Waals surface area contributed by atoms with Crippen LogP contribution in [0.2, 0.25) is 0 Å². The number of halogens is 1. The highest BCUT2D eigenvalue weighted by atomic mass is 79.9. The van der Waals surface area contributed by atoms with Gasteiger partial charge in [0, 0.05) is 19.5 Å². The quantitative estimate of drug-likeness (QED) is 0.753. The Morgan fingerprint density at radius 3 is 2.90 bits per heavy atom. The van der Waals surface area contributed by atoms with E-state index in [1.54, 1.807) is 4.57 Å². The maximum Gasteiger partial charge on any atom is 0.283 e. The van der Waals surface area contributed by atoms with Crippen LogP contribution in [0.4, 0.5) is 5.95 Å². The Bertz CT molecular complexity index is 751. The van der Waals surface area contributed by atoms with Crippen molar-refractivity contribution in [1.29, 1.82) is 0 Å². The van der Waals surface area contributed by atoms with Crippen LogP contribution in [-0.4, -0.2) is 36.7 Å². The highest BCUT2D eigenvalue weighted by molar-refractivity contribution is 9.10. The molecule has 0 aromatic carbocycles. The van der Waals surface area contributed by atoms with Crippen LogP contribution >= 0.6 is 15.9 Å². The first kappa shape index (κ1) is 13.3. The van der Waals surface area contributed by atoms with Crippen molar-refractivity contribution < 1.29 is 9.90 Å². The molecule has 2 aromatic rings. The maximum absolute atomic E-state index is 12.4. The van der Waals surface area contributed by atoms with Crippen LogP contribution < -0.4 is 10.9 Å². The largest absolute Gasteiger partial charge is 0.395 e. The molecule has 8 nitrogen and oxygen atoms in total. The van der Waals surface area contributed by atoms with E-state index in [-0.39, 0.29) is 36.1 Å². The van der Waals surface area contributed by atoms with Crippen LogP contribution in [0.15, 0.2) is 9.53 Å². The number of amides is 1. The van der Waals surface area contributed by atoms with Crippen LogP contribution in [0, 0.1) is 0 Å². The predicted octanol–water partition coefficient (Wildman–Crippen LogP) is 0.0801. The van der Waals surface area contributed by atoms with Gasteiger partial charge in [0.1, 0.15) is 0 Å². The Morgan fingerprint density at radius 2 is 2.15 bits per heavy atom. The molecule has 0 unspecified atom stereocenters. The minimum atomic E-state index is -0.287. The lowest BCUT2D eigenvalue weighted by Gasteiger charge is -2.09. The Balaban J connectivity index is 2.28. The van der Waals surface area contributed by atoms with E-state index in [0.29, 0.717) is 29.8 Å². The number of nitrogens with one attached hydrogen (secondary N) is 1. The first-order valence-electron chi connectivity index (χ1n) is 6.19. The molecule has 9 heteroatoms. The van der Waals surface area contributed by atoms with Crippen molar-refractivity contribution in [3.05, 3.63) is 15.1 Å². The fourth-order valence-electron chi connectivity index (χ4n) is 2.25. The van der Waals surface area contributed by atoms with Crippen LogP contribution in [0.25, 0.3) is 11.2 Å². The van der Waals surface area contributed by atoms with Crippen molar-refractivity contribution in [2.75, 3.05) is 11.9 Å². The summed E-state index contributed by atoms with van der Waals surface area (Å²) in [5.74, 6) is 0.0754. The monoisotopic (exact) mass is 341 g/mol. The van der Waals surface area contributed by atoms with Gasteiger partial charge in [-0.25, -0.2) is 4.98 Å². The second kappa shape index (κ2) is 4.98. The third-order valence-corrected chi connectivity index (χ3v) is 3.78. The SMILES string of the molecule is O=C1CCCn2c(nc3c(nc(Br)n3CCO)c2=O)N1. The molecule has 0 aliphatic carbocycles. The molecule has 2 N–H and O–H groups in total. The molecular formula is C11H12BrN5O3. The van der Waals surface area contributed by atoms with E-state index in [1.807, 2.05) is 0 Å². The number of aliphatic hydroxyl groups is 1. The molecule has 0 fully saturated rings. The molecule has 1 aliphatic heterocycles. The molecule has 0 spiro atoms. The minimum Gasteiger partial charge on any atom is -0.395 e. The number of fused-ring (bicyclic) bond motifs is 2. The summed E-state index contributed by atoms with van der Waals surface area (Å²) in [6.07, 6.45) is 0.950. The van der Waals surface area contributed by atoms with E-state index in [2.05, 4.69) is 31.2 Å². The highest BCUT2D eigenvalue weighted by Crippen LogP contribution is 2.19. The van der Waals surface area contributed by atoms with Crippen LogP contribution in [0.5, 0.6) is 0 Å². The van der Waals surface area contributed by atoms with Crippen molar-refractivity contribution in [2.45, 2.75) is 25.9 Å². The zero-order chi connectivity index (χ0) is 14.3. The molecule has 106 valence electrons. The first-order chi connectivity index (χ1) is 9.61. The van der Waals surface area contributed by atoms with Gasteiger partial charge >= 0.3 is 0 Å². The Labute approximate surface area is 121 Å². The molecule has 0 atom stereocenters. The number of anilines is 1.